The van der Waals surface area contributed by atoms with E-state index in [-0.39, 0.29) is 11.9 Å². The summed E-state index contributed by atoms with van der Waals surface area (Å²) in [5.74, 6) is 0.460. The standard InChI is InChI=1S/C22H27NO3/c1-15(2)17-8-6-16(7-9-17)14-23-20(24)18-10-12-19(13-11-18)26-21(25)22(3,4)5/h6-13,15H,14H2,1-5H3,(H,23,24). The Morgan fingerprint density at radius 1 is 0.962 bits per heavy atom. The number of benzene rings is 2. The molecule has 0 saturated heterocycles. The Morgan fingerprint density at radius 3 is 2.04 bits per heavy atom. The summed E-state index contributed by atoms with van der Waals surface area (Å²) in [4.78, 5) is 24.1. The summed E-state index contributed by atoms with van der Waals surface area (Å²) >= 11 is 0. The van der Waals surface area contributed by atoms with Crippen molar-refractivity contribution < 1.29 is 14.3 Å². The van der Waals surface area contributed by atoms with Crippen molar-refractivity contribution in [3.8, 4) is 5.75 Å². The van der Waals surface area contributed by atoms with Gasteiger partial charge in [-0.25, -0.2) is 0 Å². The fourth-order valence-corrected chi connectivity index (χ4v) is 2.24. The Balaban J connectivity index is 1.92. The van der Waals surface area contributed by atoms with Crippen molar-refractivity contribution in [2.24, 2.45) is 5.41 Å². The van der Waals surface area contributed by atoms with Crippen LogP contribution in [-0.4, -0.2) is 11.9 Å². The van der Waals surface area contributed by atoms with Crippen LogP contribution in [0.25, 0.3) is 0 Å². The minimum Gasteiger partial charge on any atom is -0.426 e. The number of carbonyl (C=O) groups is 2. The zero-order valence-electron chi connectivity index (χ0n) is 16.1. The molecule has 4 heteroatoms. The molecule has 1 amide bonds. The van der Waals surface area contributed by atoms with Crippen LogP contribution in [-0.2, 0) is 11.3 Å². The van der Waals surface area contributed by atoms with Crippen molar-refractivity contribution in [3.63, 3.8) is 0 Å². The largest absolute Gasteiger partial charge is 0.426 e. The van der Waals surface area contributed by atoms with Crippen molar-refractivity contribution >= 4 is 11.9 Å². The molecule has 1 N–H and O–H groups in total. The molecule has 0 aliphatic heterocycles. The van der Waals surface area contributed by atoms with Gasteiger partial charge in [0.2, 0.25) is 0 Å². The number of hydrogen-bond donors (Lipinski definition) is 1. The Labute approximate surface area is 155 Å². The Morgan fingerprint density at radius 2 is 1.54 bits per heavy atom. The van der Waals surface area contributed by atoms with E-state index in [2.05, 4.69) is 31.3 Å². The van der Waals surface area contributed by atoms with Crippen molar-refractivity contribution in [1.29, 1.82) is 0 Å². The van der Waals surface area contributed by atoms with Gasteiger partial charge >= 0.3 is 5.97 Å². The SMILES string of the molecule is CC(C)c1ccc(CNC(=O)c2ccc(OC(=O)C(C)(C)C)cc2)cc1. The highest BCUT2D eigenvalue weighted by atomic mass is 16.5. The van der Waals surface area contributed by atoms with Crippen LogP contribution >= 0.6 is 0 Å². The molecule has 0 heterocycles. The van der Waals surface area contributed by atoms with Gasteiger partial charge < -0.3 is 10.1 Å². The van der Waals surface area contributed by atoms with Crippen LogP contribution in [0.1, 0.15) is 62.0 Å². The number of carbonyl (C=O) groups excluding carboxylic acids is 2. The van der Waals surface area contributed by atoms with Crippen LogP contribution in [0.2, 0.25) is 0 Å². The Hall–Kier alpha value is -2.62. The Kier molecular flexibility index (Phi) is 6.19. The van der Waals surface area contributed by atoms with E-state index in [1.165, 1.54) is 5.56 Å². The molecule has 0 aliphatic rings. The predicted octanol–water partition coefficient (Wildman–Crippen LogP) is 4.69. The number of hydrogen-bond acceptors (Lipinski definition) is 3. The lowest BCUT2D eigenvalue weighted by atomic mass is 9.97. The van der Waals surface area contributed by atoms with E-state index in [0.717, 1.165) is 5.56 Å². The summed E-state index contributed by atoms with van der Waals surface area (Å²) in [6, 6.07) is 14.8. The molecule has 0 fully saturated rings. The zero-order chi connectivity index (χ0) is 19.3. The van der Waals surface area contributed by atoms with Crippen molar-refractivity contribution in [3.05, 3.63) is 65.2 Å². The first-order valence-electron chi connectivity index (χ1n) is 8.86. The highest BCUT2D eigenvalue weighted by Gasteiger charge is 2.23. The number of amides is 1. The molecule has 0 radical (unpaired) electrons. The van der Waals surface area contributed by atoms with Crippen LogP contribution in [0.5, 0.6) is 5.75 Å². The second kappa shape index (κ2) is 8.17. The molecule has 2 aromatic carbocycles. The second-order valence-corrected chi connectivity index (χ2v) is 7.74. The van der Waals surface area contributed by atoms with Gasteiger partial charge in [0.25, 0.3) is 5.91 Å². The van der Waals surface area contributed by atoms with Gasteiger partial charge in [0.15, 0.2) is 0 Å². The van der Waals surface area contributed by atoms with Gasteiger partial charge in [-0.3, -0.25) is 9.59 Å². The fourth-order valence-electron chi connectivity index (χ4n) is 2.24. The van der Waals surface area contributed by atoms with E-state index in [9.17, 15) is 9.59 Å². The molecule has 26 heavy (non-hydrogen) atoms. The third-order valence-electron chi connectivity index (χ3n) is 4.04. The summed E-state index contributed by atoms with van der Waals surface area (Å²) in [5, 5.41) is 2.90. The van der Waals surface area contributed by atoms with Crippen LogP contribution in [0.15, 0.2) is 48.5 Å². The van der Waals surface area contributed by atoms with Gasteiger partial charge in [-0.05, 0) is 62.1 Å². The second-order valence-electron chi connectivity index (χ2n) is 7.74. The van der Waals surface area contributed by atoms with Gasteiger partial charge in [0.05, 0.1) is 5.41 Å². The highest BCUT2D eigenvalue weighted by Crippen LogP contribution is 2.20. The first-order valence-corrected chi connectivity index (χ1v) is 8.86. The number of esters is 1. The van der Waals surface area contributed by atoms with Crippen LogP contribution in [0.3, 0.4) is 0 Å². The zero-order valence-corrected chi connectivity index (χ0v) is 16.1. The third-order valence-corrected chi connectivity index (χ3v) is 4.04. The minimum atomic E-state index is -0.568. The molecule has 0 atom stereocenters. The summed E-state index contributed by atoms with van der Waals surface area (Å²) < 4.78 is 5.30. The first kappa shape index (κ1) is 19.7. The van der Waals surface area contributed by atoms with Gasteiger partial charge in [-0.1, -0.05) is 38.1 Å². The van der Waals surface area contributed by atoms with E-state index in [0.29, 0.717) is 23.8 Å². The summed E-state index contributed by atoms with van der Waals surface area (Å²) in [6.07, 6.45) is 0. The van der Waals surface area contributed by atoms with E-state index in [1.807, 2.05) is 12.1 Å². The van der Waals surface area contributed by atoms with E-state index in [1.54, 1.807) is 45.0 Å². The maximum Gasteiger partial charge on any atom is 0.316 e. The van der Waals surface area contributed by atoms with Crippen LogP contribution in [0.4, 0.5) is 0 Å². The molecule has 0 spiro atoms. The van der Waals surface area contributed by atoms with Crippen LogP contribution < -0.4 is 10.1 Å². The van der Waals surface area contributed by atoms with Gasteiger partial charge in [0, 0.05) is 12.1 Å². The molecular formula is C22H27NO3. The fraction of sp³-hybridized carbons (Fsp3) is 0.364. The lowest BCUT2D eigenvalue weighted by molar-refractivity contribution is -0.142. The van der Waals surface area contributed by atoms with Gasteiger partial charge in [-0.2, -0.15) is 0 Å². The lowest BCUT2D eigenvalue weighted by Gasteiger charge is -2.16. The highest BCUT2D eigenvalue weighted by molar-refractivity contribution is 5.94. The quantitative estimate of drug-likeness (QED) is 0.626. The van der Waals surface area contributed by atoms with E-state index >= 15 is 0 Å². The van der Waals surface area contributed by atoms with Crippen molar-refractivity contribution in [2.75, 3.05) is 0 Å². The molecule has 2 aromatic rings. The minimum absolute atomic E-state index is 0.161. The molecule has 4 nitrogen and oxygen atoms in total. The average Bonchev–Trinajstić information content (AvgIpc) is 2.59. The van der Waals surface area contributed by atoms with Gasteiger partial charge in [-0.15, -0.1) is 0 Å². The molecule has 0 unspecified atom stereocenters. The van der Waals surface area contributed by atoms with Crippen LogP contribution in [0, 0.1) is 5.41 Å². The Bertz CT molecular complexity index is 753. The number of ether oxygens (including phenoxy) is 1. The van der Waals surface area contributed by atoms with Gasteiger partial charge in [0.1, 0.15) is 5.75 Å². The molecular weight excluding hydrogens is 326 g/mol. The summed E-state index contributed by atoms with van der Waals surface area (Å²) in [5.41, 5.74) is 2.29. The smallest absolute Gasteiger partial charge is 0.316 e. The van der Waals surface area contributed by atoms with Crippen molar-refractivity contribution in [2.45, 2.75) is 47.1 Å². The molecule has 0 bridgehead atoms. The monoisotopic (exact) mass is 353 g/mol. The third kappa shape index (κ3) is 5.45. The molecule has 0 aromatic heterocycles. The molecule has 2 rings (SSSR count). The maximum atomic E-state index is 12.3. The molecule has 0 saturated carbocycles. The summed E-state index contributed by atoms with van der Waals surface area (Å²) in [6.45, 7) is 10.2. The lowest BCUT2D eigenvalue weighted by Crippen LogP contribution is -2.25. The molecule has 138 valence electrons. The van der Waals surface area contributed by atoms with Crippen molar-refractivity contribution in [1.82, 2.24) is 5.32 Å². The maximum absolute atomic E-state index is 12.3. The summed E-state index contributed by atoms with van der Waals surface area (Å²) in [7, 11) is 0. The first-order chi connectivity index (χ1) is 12.2. The number of rotatable bonds is 5. The number of nitrogens with one attached hydrogen (secondary N) is 1. The van der Waals surface area contributed by atoms with E-state index < -0.39 is 5.41 Å². The predicted molar refractivity (Wildman–Crippen MR) is 103 cm³/mol. The topological polar surface area (TPSA) is 55.4 Å². The molecule has 0 aliphatic carbocycles. The van der Waals surface area contributed by atoms with E-state index in [4.69, 9.17) is 4.74 Å². The normalized spacial score (nSPS) is 11.3. The average molecular weight is 353 g/mol.